The van der Waals surface area contributed by atoms with Gasteiger partial charge >= 0.3 is 0 Å². The predicted molar refractivity (Wildman–Crippen MR) is 149 cm³/mol. The van der Waals surface area contributed by atoms with E-state index in [-0.39, 0.29) is 63.6 Å². The van der Waals surface area contributed by atoms with Gasteiger partial charge in [-0.2, -0.15) is 0 Å². The van der Waals surface area contributed by atoms with Crippen LogP contribution in [0.4, 0.5) is 0 Å². The fourth-order valence-electron chi connectivity index (χ4n) is 10.4. The van der Waals surface area contributed by atoms with E-state index >= 15 is 0 Å². The number of hydrogen-bond acceptors (Lipinski definition) is 4. The lowest BCUT2D eigenvalue weighted by Gasteiger charge is -2.69. The van der Waals surface area contributed by atoms with E-state index in [2.05, 4.69) is 44.8 Å². The zero-order valence-corrected chi connectivity index (χ0v) is 24.7. The van der Waals surface area contributed by atoms with Gasteiger partial charge in [-0.15, -0.1) is 0 Å². The highest BCUT2D eigenvalue weighted by molar-refractivity contribution is 6.03. The van der Waals surface area contributed by atoms with Crippen molar-refractivity contribution in [2.75, 3.05) is 6.54 Å². The summed E-state index contributed by atoms with van der Waals surface area (Å²) in [5, 5.41) is 2.61. The number of carbonyl (C=O) groups excluding carboxylic acids is 4. The van der Waals surface area contributed by atoms with Gasteiger partial charge in [0.1, 0.15) is 0 Å². The number of rotatable bonds is 4. The Morgan fingerprint density at radius 2 is 1.72 bits per heavy atom. The fraction of sp³-hybridized carbons (Fsp3) is 0.727. The summed E-state index contributed by atoms with van der Waals surface area (Å²) in [5.74, 6) is -0.262. The standard InChI is InChI=1S/C33H44N2O4/c1-28(2)11-13-33(25(38)18-35-19-36)14-12-32(7)26(20(33)16-28)22(37)15-24-30(5)17-21(34-8)27(39)29(3,4)23(30)9-10-31(24,32)6/h15,17,19-20,23,26H,9-14,16,18H2,1-7H3,(H,35,36)/t20-,23-,26-,30-,31+,32+,33-/m0/s1. The minimum atomic E-state index is -0.681. The third kappa shape index (κ3) is 3.50. The number of amides is 1. The van der Waals surface area contributed by atoms with Crippen LogP contribution in [0.25, 0.3) is 4.85 Å². The molecule has 0 bridgehead atoms. The van der Waals surface area contributed by atoms with Gasteiger partial charge in [-0.1, -0.05) is 60.1 Å². The zero-order chi connectivity index (χ0) is 28.8. The Bertz CT molecular complexity index is 1270. The minimum absolute atomic E-state index is 0.0163. The Balaban J connectivity index is 1.68. The highest BCUT2D eigenvalue weighted by Crippen LogP contribution is 2.74. The molecule has 0 radical (unpaired) electrons. The molecule has 5 aliphatic carbocycles. The van der Waals surface area contributed by atoms with Gasteiger partial charge in [0.2, 0.25) is 12.1 Å². The smallest absolute Gasteiger partial charge is 0.226 e. The first-order chi connectivity index (χ1) is 18.0. The lowest BCUT2D eigenvalue weighted by molar-refractivity contribution is -0.177. The fourth-order valence-corrected chi connectivity index (χ4v) is 10.4. The molecule has 0 aromatic heterocycles. The topological polar surface area (TPSA) is 84.7 Å². The average Bonchev–Trinajstić information content (AvgIpc) is 2.86. The van der Waals surface area contributed by atoms with Gasteiger partial charge in [0.15, 0.2) is 17.3 Å². The molecular weight excluding hydrogens is 488 g/mol. The van der Waals surface area contributed by atoms with E-state index in [0.29, 0.717) is 6.41 Å². The molecule has 5 rings (SSSR count). The Hall–Kier alpha value is -2.55. The molecule has 7 atom stereocenters. The number of fused-ring (bicyclic) bond motifs is 7. The van der Waals surface area contributed by atoms with E-state index in [4.69, 9.17) is 6.57 Å². The molecule has 6 nitrogen and oxygen atoms in total. The molecule has 0 unspecified atom stereocenters. The van der Waals surface area contributed by atoms with Gasteiger partial charge in [0.05, 0.1) is 13.1 Å². The number of Topliss-reactive ketones (excluding diaryl/α,β-unsaturated/α-hetero) is 2. The molecule has 0 spiro atoms. The number of carbonyl (C=O) groups is 4. The van der Waals surface area contributed by atoms with Crippen LogP contribution in [0.15, 0.2) is 23.4 Å². The van der Waals surface area contributed by atoms with E-state index in [1.54, 1.807) is 0 Å². The zero-order valence-electron chi connectivity index (χ0n) is 24.7. The molecule has 0 aliphatic heterocycles. The normalized spacial score (nSPS) is 43.8. The van der Waals surface area contributed by atoms with E-state index in [9.17, 15) is 19.2 Å². The van der Waals surface area contributed by atoms with Gasteiger partial charge in [0.25, 0.3) is 0 Å². The largest absolute Gasteiger partial charge is 0.352 e. The monoisotopic (exact) mass is 532 g/mol. The molecule has 3 fully saturated rings. The first-order valence-corrected chi connectivity index (χ1v) is 14.7. The maximum absolute atomic E-state index is 14.5. The summed E-state index contributed by atoms with van der Waals surface area (Å²) in [7, 11) is 0. The van der Waals surface area contributed by atoms with Crippen molar-refractivity contribution in [1.29, 1.82) is 0 Å². The van der Waals surface area contributed by atoms with Gasteiger partial charge < -0.3 is 10.1 Å². The van der Waals surface area contributed by atoms with Crippen LogP contribution in [0.5, 0.6) is 0 Å². The van der Waals surface area contributed by atoms with Crippen molar-refractivity contribution >= 4 is 23.8 Å². The third-order valence-corrected chi connectivity index (χ3v) is 12.7. The Morgan fingerprint density at radius 3 is 2.36 bits per heavy atom. The van der Waals surface area contributed by atoms with Crippen molar-refractivity contribution in [1.82, 2.24) is 5.32 Å². The number of hydrogen-bond donors (Lipinski definition) is 1. The molecular formula is C33H44N2O4. The summed E-state index contributed by atoms with van der Waals surface area (Å²) >= 11 is 0. The van der Waals surface area contributed by atoms with Crippen LogP contribution in [0.1, 0.15) is 93.4 Å². The minimum Gasteiger partial charge on any atom is -0.352 e. The van der Waals surface area contributed by atoms with E-state index in [1.807, 2.05) is 26.0 Å². The average molecular weight is 533 g/mol. The molecule has 5 aliphatic rings. The third-order valence-electron chi connectivity index (χ3n) is 12.7. The van der Waals surface area contributed by atoms with Crippen LogP contribution in [-0.4, -0.2) is 30.3 Å². The number of allylic oxidation sites excluding steroid dienone is 4. The Labute approximate surface area is 233 Å². The maximum atomic E-state index is 14.5. The van der Waals surface area contributed by atoms with Gasteiger partial charge in [-0.3, -0.25) is 14.4 Å². The number of ketones is 3. The summed E-state index contributed by atoms with van der Waals surface area (Å²) in [6.07, 6.45) is 10.1. The highest BCUT2D eigenvalue weighted by Gasteiger charge is 2.70. The van der Waals surface area contributed by atoms with E-state index < -0.39 is 16.2 Å². The summed E-state index contributed by atoms with van der Waals surface area (Å²) in [6, 6.07) is 0. The van der Waals surface area contributed by atoms with Crippen LogP contribution in [0.3, 0.4) is 0 Å². The molecule has 0 aromatic rings. The second-order valence-electron chi connectivity index (χ2n) is 15.3. The van der Waals surface area contributed by atoms with Crippen molar-refractivity contribution in [3.63, 3.8) is 0 Å². The van der Waals surface area contributed by atoms with Crippen molar-refractivity contribution < 1.29 is 19.2 Å². The highest BCUT2D eigenvalue weighted by atomic mass is 16.1. The Kier molecular flexibility index (Phi) is 6.09. The van der Waals surface area contributed by atoms with Crippen molar-refractivity contribution in [2.45, 2.75) is 93.4 Å². The molecule has 0 saturated heterocycles. The molecule has 39 heavy (non-hydrogen) atoms. The van der Waals surface area contributed by atoms with E-state index in [1.165, 1.54) is 0 Å². The summed E-state index contributed by atoms with van der Waals surface area (Å²) in [6.45, 7) is 22.9. The lowest BCUT2D eigenvalue weighted by Crippen LogP contribution is -2.66. The van der Waals surface area contributed by atoms with Crippen molar-refractivity contribution in [3.8, 4) is 0 Å². The molecule has 0 heterocycles. The number of nitrogens with one attached hydrogen (secondary N) is 1. The first kappa shape index (κ1) is 28.0. The predicted octanol–water partition coefficient (Wildman–Crippen LogP) is 5.87. The first-order valence-electron chi connectivity index (χ1n) is 14.7. The summed E-state index contributed by atoms with van der Waals surface area (Å²) < 4.78 is 0. The van der Waals surface area contributed by atoms with Crippen LogP contribution in [0, 0.1) is 56.8 Å². The SMILES string of the molecule is [C-]#[N+]C1=C[C@]2(C)C3=CC(=O)[C@@H]4[C@@H]5CC(C)(C)CC[C@]5(C(=O)CNC=O)CC[C@@]4(C)[C@]3(C)CC[C@H]2C(C)(C)C1=O. The Morgan fingerprint density at radius 1 is 1.05 bits per heavy atom. The molecule has 3 saturated carbocycles. The van der Waals surface area contributed by atoms with Gasteiger partial charge in [-0.05, 0) is 79.1 Å². The van der Waals surface area contributed by atoms with Crippen LogP contribution >= 0.6 is 0 Å². The van der Waals surface area contributed by atoms with E-state index in [0.717, 1.165) is 50.5 Å². The molecule has 1 amide bonds. The quantitative estimate of drug-likeness (QED) is 0.362. The summed E-state index contributed by atoms with van der Waals surface area (Å²) in [4.78, 5) is 56.2. The molecule has 0 aromatic carbocycles. The second-order valence-corrected chi connectivity index (χ2v) is 15.3. The van der Waals surface area contributed by atoms with Crippen LogP contribution in [0.2, 0.25) is 0 Å². The lowest BCUT2D eigenvalue weighted by atomic mass is 9.34. The van der Waals surface area contributed by atoms with Crippen LogP contribution < -0.4 is 5.32 Å². The van der Waals surface area contributed by atoms with Crippen LogP contribution in [-0.2, 0) is 19.2 Å². The number of nitrogens with zero attached hydrogens (tertiary/aromatic N) is 1. The van der Waals surface area contributed by atoms with Gasteiger partial charge in [0, 0.05) is 22.2 Å². The van der Waals surface area contributed by atoms with Gasteiger partial charge in [-0.25, -0.2) is 4.85 Å². The second kappa shape index (κ2) is 8.48. The molecule has 210 valence electrons. The van der Waals surface area contributed by atoms with Crippen molar-refractivity contribution in [2.24, 2.45) is 50.2 Å². The van der Waals surface area contributed by atoms with Crippen molar-refractivity contribution in [3.05, 3.63) is 34.8 Å². The summed E-state index contributed by atoms with van der Waals surface area (Å²) in [5.41, 5.74) is -1.18. The molecule has 6 heteroatoms. The molecule has 1 N–H and O–H groups in total. The maximum Gasteiger partial charge on any atom is 0.226 e.